The number of aliphatic hydroxyl groups is 3. The molecule has 1 aliphatic rings. The molecule has 3 nitrogen and oxygen atoms in total. The first kappa shape index (κ1) is 15.4. The largest absolute Gasteiger partial charge is 0.390 e. The summed E-state index contributed by atoms with van der Waals surface area (Å²) in [5.74, 6) is 0.782. The Hall–Kier alpha value is -0.640. The summed E-state index contributed by atoms with van der Waals surface area (Å²) >= 11 is 0. The second-order valence-corrected chi connectivity index (χ2v) is 5.96. The van der Waals surface area contributed by atoms with Crippen molar-refractivity contribution in [2.75, 3.05) is 0 Å². The third-order valence-electron chi connectivity index (χ3n) is 3.93. The SMILES string of the molecule is C=C1CC[C@@H](C(C)C)/C=C/[C@@](C)(O)[C@@H](O)C[C@H]1O. The average molecular weight is 254 g/mol. The summed E-state index contributed by atoms with van der Waals surface area (Å²) in [6.07, 6.45) is 3.72. The molecular weight excluding hydrogens is 228 g/mol. The van der Waals surface area contributed by atoms with Crippen LogP contribution in [0.1, 0.15) is 40.0 Å². The van der Waals surface area contributed by atoms with Crippen molar-refractivity contribution in [2.24, 2.45) is 11.8 Å². The molecule has 3 N–H and O–H groups in total. The minimum atomic E-state index is -1.30. The molecule has 0 aliphatic heterocycles. The Morgan fingerprint density at radius 3 is 2.56 bits per heavy atom. The highest BCUT2D eigenvalue weighted by Crippen LogP contribution is 2.28. The van der Waals surface area contributed by atoms with E-state index in [0.717, 1.165) is 18.4 Å². The smallest absolute Gasteiger partial charge is 0.106 e. The first-order chi connectivity index (χ1) is 8.24. The predicted octanol–water partition coefficient (Wildman–Crippen LogP) is 2.03. The van der Waals surface area contributed by atoms with Crippen LogP contribution in [0.5, 0.6) is 0 Å². The highest BCUT2D eigenvalue weighted by atomic mass is 16.3. The second-order valence-electron chi connectivity index (χ2n) is 5.96. The van der Waals surface area contributed by atoms with Gasteiger partial charge < -0.3 is 15.3 Å². The summed E-state index contributed by atoms with van der Waals surface area (Å²) in [6.45, 7) is 9.71. The number of rotatable bonds is 1. The van der Waals surface area contributed by atoms with Crippen LogP contribution in [0.4, 0.5) is 0 Å². The van der Waals surface area contributed by atoms with E-state index >= 15 is 0 Å². The molecule has 104 valence electrons. The minimum absolute atomic E-state index is 0.127. The lowest BCUT2D eigenvalue weighted by Crippen LogP contribution is -2.40. The maximum Gasteiger partial charge on any atom is 0.106 e. The van der Waals surface area contributed by atoms with Crippen molar-refractivity contribution in [2.45, 2.75) is 57.8 Å². The Bertz CT molecular complexity index is 318. The van der Waals surface area contributed by atoms with Gasteiger partial charge in [0.1, 0.15) is 5.60 Å². The summed E-state index contributed by atoms with van der Waals surface area (Å²) < 4.78 is 0. The van der Waals surface area contributed by atoms with Crippen molar-refractivity contribution < 1.29 is 15.3 Å². The lowest BCUT2D eigenvalue weighted by atomic mass is 9.83. The molecular formula is C15H26O3. The first-order valence-electron chi connectivity index (χ1n) is 6.69. The lowest BCUT2D eigenvalue weighted by Gasteiger charge is -2.31. The van der Waals surface area contributed by atoms with Crippen LogP contribution in [0.15, 0.2) is 24.3 Å². The van der Waals surface area contributed by atoms with Gasteiger partial charge in [-0.05, 0) is 37.2 Å². The molecule has 0 aromatic rings. The van der Waals surface area contributed by atoms with Crippen molar-refractivity contribution in [3.05, 3.63) is 24.3 Å². The van der Waals surface area contributed by atoms with E-state index in [4.69, 9.17) is 0 Å². The van der Waals surface area contributed by atoms with E-state index in [0.29, 0.717) is 11.8 Å². The number of hydrogen-bond donors (Lipinski definition) is 3. The third kappa shape index (κ3) is 3.94. The van der Waals surface area contributed by atoms with E-state index < -0.39 is 17.8 Å². The zero-order valence-electron chi connectivity index (χ0n) is 11.6. The standard InChI is InChI=1S/C15H26O3/c1-10(2)12-6-5-11(3)13(16)9-14(17)15(4,18)8-7-12/h7-8,10,12-14,16-18H,3,5-6,9H2,1-2,4H3/b8-7+/t12-,13-,14+,15-/m1/s1. The molecule has 0 bridgehead atoms. The van der Waals surface area contributed by atoms with Crippen LogP contribution in [-0.4, -0.2) is 33.1 Å². The fraction of sp³-hybridized carbons (Fsp3) is 0.733. The maximum absolute atomic E-state index is 10.2. The number of hydrogen-bond acceptors (Lipinski definition) is 3. The molecule has 4 atom stereocenters. The predicted molar refractivity (Wildman–Crippen MR) is 73.1 cm³/mol. The van der Waals surface area contributed by atoms with Crippen LogP contribution in [0, 0.1) is 11.8 Å². The molecule has 1 rings (SSSR count). The zero-order valence-corrected chi connectivity index (χ0v) is 11.6. The van der Waals surface area contributed by atoms with Gasteiger partial charge in [-0.15, -0.1) is 0 Å². The molecule has 0 aromatic heterocycles. The quantitative estimate of drug-likeness (QED) is 0.627. The molecule has 18 heavy (non-hydrogen) atoms. The van der Waals surface area contributed by atoms with Crippen LogP contribution < -0.4 is 0 Å². The van der Waals surface area contributed by atoms with Crippen LogP contribution in [-0.2, 0) is 0 Å². The van der Waals surface area contributed by atoms with E-state index in [1.807, 2.05) is 6.08 Å². The highest BCUT2D eigenvalue weighted by Gasteiger charge is 2.31. The van der Waals surface area contributed by atoms with E-state index in [1.165, 1.54) is 0 Å². The Labute approximate surface area is 110 Å². The molecule has 0 fully saturated rings. The molecule has 0 saturated heterocycles. The molecule has 3 heteroatoms. The normalized spacial score (nSPS) is 40.8. The van der Waals surface area contributed by atoms with Gasteiger partial charge in [0, 0.05) is 6.42 Å². The van der Waals surface area contributed by atoms with Gasteiger partial charge in [0.25, 0.3) is 0 Å². The minimum Gasteiger partial charge on any atom is -0.390 e. The summed E-state index contributed by atoms with van der Waals surface area (Å²) in [4.78, 5) is 0. The van der Waals surface area contributed by atoms with Gasteiger partial charge in [0.2, 0.25) is 0 Å². The van der Waals surface area contributed by atoms with Crippen LogP contribution in [0.2, 0.25) is 0 Å². The van der Waals surface area contributed by atoms with E-state index in [9.17, 15) is 15.3 Å². The molecule has 0 unspecified atom stereocenters. The zero-order chi connectivity index (χ0) is 13.9. The monoisotopic (exact) mass is 254 g/mol. The summed E-state index contributed by atoms with van der Waals surface area (Å²) in [5.41, 5.74) is -0.558. The number of allylic oxidation sites excluding steroid dienone is 1. The van der Waals surface area contributed by atoms with Gasteiger partial charge in [-0.25, -0.2) is 0 Å². The van der Waals surface area contributed by atoms with Crippen molar-refractivity contribution in [1.82, 2.24) is 0 Å². The van der Waals surface area contributed by atoms with Crippen LogP contribution in [0.25, 0.3) is 0 Å². The van der Waals surface area contributed by atoms with E-state index in [2.05, 4.69) is 20.4 Å². The summed E-state index contributed by atoms with van der Waals surface area (Å²) in [6, 6.07) is 0. The van der Waals surface area contributed by atoms with Crippen molar-refractivity contribution in [1.29, 1.82) is 0 Å². The molecule has 0 heterocycles. The Morgan fingerprint density at radius 2 is 2.00 bits per heavy atom. The van der Waals surface area contributed by atoms with Gasteiger partial charge in [0.15, 0.2) is 0 Å². The van der Waals surface area contributed by atoms with Gasteiger partial charge in [0.05, 0.1) is 12.2 Å². The van der Waals surface area contributed by atoms with Crippen LogP contribution >= 0.6 is 0 Å². The molecule has 0 aromatic carbocycles. The van der Waals surface area contributed by atoms with Gasteiger partial charge in [-0.2, -0.15) is 0 Å². The van der Waals surface area contributed by atoms with Gasteiger partial charge >= 0.3 is 0 Å². The van der Waals surface area contributed by atoms with E-state index in [1.54, 1.807) is 13.0 Å². The van der Waals surface area contributed by atoms with Crippen molar-refractivity contribution in [3.8, 4) is 0 Å². The lowest BCUT2D eigenvalue weighted by molar-refractivity contribution is -0.0460. The Kier molecular flexibility index (Phi) is 5.14. The molecule has 0 radical (unpaired) electrons. The van der Waals surface area contributed by atoms with Gasteiger partial charge in [-0.3, -0.25) is 0 Å². The molecule has 0 spiro atoms. The fourth-order valence-electron chi connectivity index (χ4n) is 2.22. The summed E-state index contributed by atoms with van der Waals surface area (Å²) in [5, 5.41) is 30.1. The van der Waals surface area contributed by atoms with Crippen molar-refractivity contribution >= 4 is 0 Å². The number of aliphatic hydroxyl groups excluding tert-OH is 2. The average Bonchev–Trinajstić information content (AvgIpc) is 2.26. The Morgan fingerprint density at radius 1 is 1.39 bits per heavy atom. The molecule has 1 aliphatic carbocycles. The fourth-order valence-corrected chi connectivity index (χ4v) is 2.22. The molecule has 0 saturated carbocycles. The first-order valence-corrected chi connectivity index (χ1v) is 6.69. The second kappa shape index (κ2) is 6.00. The Balaban J connectivity index is 2.96. The van der Waals surface area contributed by atoms with Gasteiger partial charge in [-0.1, -0.05) is 32.6 Å². The molecule has 0 amide bonds. The van der Waals surface area contributed by atoms with Crippen LogP contribution in [0.3, 0.4) is 0 Å². The topological polar surface area (TPSA) is 60.7 Å². The third-order valence-corrected chi connectivity index (χ3v) is 3.93. The maximum atomic E-state index is 10.2. The van der Waals surface area contributed by atoms with Crippen molar-refractivity contribution in [3.63, 3.8) is 0 Å². The summed E-state index contributed by atoms with van der Waals surface area (Å²) in [7, 11) is 0. The van der Waals surface area contributed by atoms with E-state index in [-0.39, 0.29) is 6.42 Å². The highest BCUT2D eigenvalue weighted by molar-refractivity contribution is 5.11.